The molecule has 0 bridgehead atoms. The zero-order valence-electron chi connectivity index (χ0n) is 12.3. The summed E-state index contributed by atoms with van der Waals surface area (Å²) in [5.41, 5.74) is 2.64. The molecule has 1 aromatic carbocycles. The molecule has 2 heterocycles. The minimum Gasteiger partial charge on any atom is -0.315 e. The Bertz CT molecular complexity index is 588. The van der Waals surface area contributed by atoms with Gasteiger partial charge in [-0.25, -0.2) is 0 Å². The summed E-state index contributed by atoms with van der Waals surface area (Å²) >= 11 is 8.08. The Balaban J connectivity index is 1.97. The maximum absolute atomic E-state index is 6.23. The van der Waals surface area contributed by atoms with E-state index < -0.39 is 0 Å². The van der Waals surface area contributed by atoms with Gasteiger partial charge >= 0.3 is 0 Å². The van der Waals surface area contributed by atoms with E-state index in [2.05, 4.69) is 46.8 Å². The topological polar surface area (TPSA) is 15.3 Å². The lowest BCUT2D eigenvalue weighted by Crippen LogP contribution is -2.32. The lowest BCUT2D eigenvalue weighted by atomic mass is 10.0. The molecule has 2 nitrogen and oxygen atoms in total. The van der Waals surface area contributed by atoms with Crippen LogP contribution in [-0.2, 0) is 0 Å². The highest BCUT2D eigenvalue weighted by atomic mass is 35.5. The van der Waals surface area contributed by atoms with Crippen LogP contribution in [0.25, 0.3) is 0 Å². The van der Waals surface area contributed by atoms with Crippen LogP contribution in [0, 0.1) is 6.92 Å². The Hall–Kier alpha value is -0.870. The van der Waals surface area contributed by atoms with E-state index in [0.717, 1.165) is 31.2 Å². The highest BCUT2D eigenvalue weighted by Crippen LogP contribution is 2.34. The third-order valence-corrected chi connectivity index (χ3v) is 5.26. The monoisotopic (exact) mass is 320 g/mol. The summed E-state index contributed by atoms with van der Waals surface area (Å²) in [5.74, 6) is 0. The van der Waals surface area contributed by atoms with Crippen LogP contribution >= 0.6 is 22.9 Å². The predicted octanol–water partition coefficient (Wildman–Crippen LogP) is 4.09. The normalized spacial score (nSPS) is 18.4. The Morgan fingerprint density at radius 3 is 2.90 bits per heavy atom. The number of hydrogen-bond acceptors (Lipinski definition) is 3. The van der Waals surface area contributed by atoms with E-state index >= 15 is 0 Å². The van der Waals surface area contributed by atoms with E-state index in [4.69, 9.17) is 11.6 Å². The molecule has 0 amide bonds. The molecule has 112 valence electrons. The molecule has 1 N–H and O–H groups in total. The molecule has 0 aliphatic carbocycles. The zero-order chi connectivity index (χ0) is 14.7. The fourth-order valence-electron chi connectivity index (χ4n) is 2.95. The molecule has 2 aromatic rings. The van der Waals surface area contributed by atoms with Gasteiger partial charge in [-0.15, -0.1) is 11.3 Å². The highest BCUT2D eigenvalue weighted by Gasteiger charge is 2.24. The van der Waals surface area contributed by atoms with Crippen molar-refractivity contribution in [3.8, 4) is 0 Å². The van der Waals surface area contributed by atoms with Crippen molar-refractivity contribution in [3.05, 3.63) is 56.7 Å². The van der Waals surface area contributed by atoms with Crippen LogP contribution < -0.4 is 5.32 Å². The van der Waals surface area contributed by atoms with Crippen molar-refractivity contribution in [2.75, 3.05) is 26.2 Å². The first-order valence-electron chi connectivity index (χ1n) is 7.49. The van der Waals surface area contributed by atoms with Crippen molar-refractivity contribution >= 4 is 22.9 Å². The van der Waals surface area contributed by atoms with Crippen molar-refractivity contribution in [3.63, 3.8) is 0 Å². The van der Waals surface area contributed by atoms with E-state index in [-0.39, 0.29) is 0 Å². The van der Waals surface area contributed by atoms with Crippen LogP contribution in [-0.4, -0.2) is 31.1 Å². The SMILES string of the molecule is Cc1csc(C(c2cccc(Cl)c2)N2CCCNCC2)c1. The van der Waals surface area contributed by atoms with Crippen LogP contribution in [0.3, 0.4) is 0 Å². The number of thiophene rings is 1. The molecular weight excluding hydrogens is 300 g/mol. The first kappa shape index (κ1) is 15.0. The summed E-state index contributed by atoms with van der Waals surface area (Å²) in [6.45, 7) is 6.54. The molecule has 0 spiro atoms. The molecule has 1 fully saturated rings. The van der Waals surface area contributed by atoms with Crippen molar-refractivity contribution in [1.82, 2.24) is 10.2 Å². The van der Waals surface area contributed by atoms with E-state index in [1.807, 2.05) is 17.4 Å². The Morgan fingerprint density at radius 2 is 2.14 bits per heavy atom. The summed E-state index contributed by atoms with van der Waals surface area (Å²) in [4.78, 5) is 3.99. The molecule has 1 atom stereocenters. The molecule has 1 aliphatic heterocycles. The first-order chi connectivity index (χ1) is 10.2. The number of hydrogen-bond donors (Lipinski definition) is 1. The Labute approximate surface area is 135 Å². The van der Waals surface area contributed by atoms with E-state index in [1.54, 1.807) is 0 Å². The molecule has 3 rings (SSSR count). The van der Waals surface area contributed by atoms with Gasteiger partial charge in [0.1, 0.15) is 0 Å². The number of halogens is 1. The van der Waals surface area contributed by atoms with Gasteiger partial charge in [0.15, 0.2) is 0 Å². The van der Waals surface area contributed by atoms with Crippen molar-refractivity contribution in [1.29, 1.82) is 0 Å². The van der Waals surface area contributed by atoms with E-state index in [1.165, 1.54) is 22.4 Å². The van der Waals surface area contributed by atoms with Crippen LogP contribution in [0.5, 0.6) is 0 Å². The fraction of sp³-hybridized carbons (Fsp3) is 0.412. The third-order valence-electron chi connectivity index (χ3n) is 3.92. The number of nitrogens with zero attached hydrogens (tertiary/aromatic N) is 1. The summed E-state index contributed by atoms with van der Waals surface area (Å²) in [6, 6.07) is 11.0. The number of nitrogens with one attached hydrogen (secondary N) is 1. The van der Waals surface area contributed by atoms with Gasteiger partial charge in [0.05, 0.1) is 6.04 Å². The van der Waals surface area contributed by atoms with Crippen LogP contribution in [0.4, 0.5) is 0 Å². The summed E-state index contributed by atoms with van der Waals surface area (Å²) in [5, 5.41) is 6.54. The maximum Gasteiger partial charge on any atom is 0.0697 e. The average Bonchev–Trinajstić information content (AvgIpc) is 2.73. The number of rotatable bonds is 3. The molecule has 1 aliphatic rings. The minimum atomic E-state index is 0.322. The number of aryl methyl sites for hydroxylation is 1. The molecule has 1 aromatic heterocycles. The molecule has 0 radical (unpaired) electrons. The third kappa shape index (κ3) is 3.67. The van der Waals surface area contributed by atoms with Gasteiger partial charge in [0, 0.05) is 29.5 Å². The smallest absolute Gasteiger partial charge is 0.0697 e. The van der Waals surface area contributed by atoms with Gasteiger partial charge in [-0.1, -0.05) is 23.7 Å². The second kappa shape index (κ2) is 6.93. The lowest BCUT2D eigenvalue weighted by molar-refractivity contribution is 0.244. The molecule has 1 unspecified atom stereocenters. The molecule has 0 saturated carbocycles. The largest absolute Gasteiger partial charge is 0.315 e. The van der Waals surface area contributed by atoms with E-state index in [0.29, 0.717) is 6.04 Å². The van der Waals surface area contributed by atoms with Crippen LogP contribution in [0.2, 0.25) is 5.02 Å². The van der Waals surface area contributed by atoms with Gasteiger partial charge in [-0.2, -0.15) is 0 Å². The van der Waals surface area contributed by atoms with Gasteiger partial charge in [-0.3, -0.25) is 4.90 Å². The summed E-state index contributed by atoms with van der Waals surface area (Å²) < 4.78 is 0. The minimum absolute atomic E-state index is 0.322. The Morgan fingerprint density at radius 1 is 1.24 bits per heavy atom. The van der Waals surface area contributed by atoms with Gasteiger partial charge in [-0.05, 0) is 54.6 Å². The predicted molar refractivity (Wildman–Crippen MR) is 91.4 cm³/mol. The van der Waals surface area contributed by atoms with Crippen molar-refractivity contribution in [2.24, 2.45) is 0 Å². The quantitative estimate of drug-likeness (QED) is 0.916. The van der Waals surface area contributed by atoms with Gasteiger partial charge in [0.25, 0.3) is 0 Å². The van der Waals surface area contributed by atoms with Crippen LogP contribution in [0.1, 0.15) is 28.5 Å². The Kier molecular flexibility index (Phi) is 4.96. The van der Waals surface area contributed by atoms with Crippen molar-refractivity contribution < 1.29 is 0 Å². The van der Waals surface area contributed by atoms with Crippen molar-refractivity contribution in [2.45, 2.75) is 19.4 Å². The fourth-order valence-corrected chi connectivity index (χ4v) is 4.21. The van der Waals surface area contributed by atoms with E-state index in [9.17, 15) is 0 Å². The second-order valence-electron chi connectivity index (χ2n) is 5.62. The maximum atomic E-state index is 6.23. The second-order valence-corrected chi connectivity index (χ2v) is 7.00. The molecule has 4 heteroatoms. The number of benzene rings is 1. The summed E-state index contributed by atoms with van der Waals surface area (Å²) in [7, 11) is 0. The molecule has 21 heavy (non-hydrogen) atoms. The van der Waals surface area contributed by atoms with Gasteiger partial charge < -0.3 is 5.32 Å². The zero-order valence-corrected chi connectivity index (χ0v) is 13.9. The summed E-state index contributed by atoms with van der Waals surface area (Å²) in [6.07, 6.45) is 1.20. The molecule has 1 saturated heterocycles. The highest BCUT2D eigenvalue weighted by molar-refractivity contribution is 7.10. The standard InChI is InChI=1S/C17H21ClN2S/c1-13-10-16(21-12-13)17(14-4-2-5-15(18)11-14)20-8-3-6-19-7-9-20/h2,4-5,10-12,17,19H,3,6-9H2,1H3. The molecular formula is C17H21ClN2S. The average molecular weight is 321 g/mol. The first-order valence-corrected chi connectivity index (χ1v) is 8.75. The van der Waals surface area contributed by atoms with Crippen LogP contribution in [0.15, 0.2) is 35.7 Å². The lowest BCUT2D eigenvalue weighted by Gasteiger charge is -2.30. The van der Waals surface area contributed by atoms with Gasteiger partial charge in [0.2, 0.25) is 0 Å².